The van der Waals surface area contributed by atoms with Crippen molar-refractivity contribution in [3.05, 3.63) is 0 Å². The molecule has 0 bridgehead atoms. The summed E-state index contributed by atoms with van der Waals surface area (Å²) in [4.78, 5) is 0. The van der Waals surface area contributed by atoms with Gasteiger partial charge in [0.2, 0.25) is 0 Å². The van der Waals surface area contributed by atoms with Crippen LogP contribution in [0.15, 0.2) is 0 Å². The third kappa shape index (κ3) is 4.00. The number of nitrogens with zero attached hydrogens (tertiary/aromatic N) is 1. The highest BCUT2D eigenvalue weighted by Crippen LogP contribution is 2.41. The Bertz CT molecular complexity index is 272. The van der Waals surface area contributed by atoms with Crippen LogP contribution < -0.4 is 5.32 Å². The Morgan fingerprint density at radius 3 is 2.18 bits per heavy atom. The second-order valence-electron chi connectivity index (χ2n) is 7.11. The van der Waals surface area contributed by atoms with Crippen molar-refractivity contribution in [3.8, 4) is 6.07 Å². The van der Waals surface area contributed by atoms with Gasteiger partial charge in [-0.2, -0.15) is 5.26 Å². The van der Waals surface area contributed by atoms with Crippen LogP contribution in [-0.2, 0) is 0 Å². The molecule has 98 valence electrons. The number of hydrogen-bond acceptors (Lipinski definition) is 2. The lowest BCUT2D eigenvalue weighted by atomic mass is 9.67. The average Bonchev–Trinajstić information content (AvgIpc) is 2.26. The Morgan fingerprint density at radius 1 is 1.29 bits per heavy atom. The van der Waals surface area contributed by atoms with Crippen molar-refractivity contribution in [2.45, 2.75) is 65.8 Å². The number of nitrogens with one attached hydrogen (secondary N) is 1. The third-order valence-electron chi connectivity index (χ3n) is 4.13. The zero-order valence-corrected chi connectivity index (χ0v) is 12.1. The van der Waals surface area contributed by atoms with Crippen LogP contribution in [0.3, 0.4) is 0 Å². The van der Waals surface area contributed by atoms with E-state index in [1.807, 2.05) is 0 Å². The Morgan fingerprint density at radius 2 is 1.82 bits per heavy atom. The van der Waals surface area contributed by atoms with Crippen molar-refractivity contribution in [3.63, 3.8) is 0 Å². The first-order chi connectivity index (χ1) is 7.79. The smallest absolute Gasteiger partial charge is 0.106 e. The van der Waals surface area contributed by atoms with Crippen LogP contribution in [0.5, 0.6) is 0 Å². The minimum Gasteiger partial charge on any atom is -0.299 e. The van der Waals surface area contributed by atoms with E-state index in [4.69, 9.17) is 0 Å². The van der Waals surface area contributed by atoms with E-state index >= 15 is 0 Å². The summed E-state index contributed by atoms with van der Waals surface area (Å²) in [6.07, 6.45) is 4.39. The lowest BCUT2D eigenvalue weighted by Gasteiger charge is -2.41. The van der Waals surface area contributed by atoms with Crippen molar-refractivity contribution in [2.24, 2.45) is 17.3 Å². The Hall–Kier alpha value is -0.550. The molecule has 0 saturated heterocycles. The fourth-order valence-electron chi connectivity index (χ4n) is 2.70. The van der Waals surface area contributed by atoms with Crippen molar-refractivity contribution in [1.82, 2.24) is 5.32 Å². The molecule has 0 atom stereocenters. The topological polar surface area (TPSA) is 35.8 Å². The van der Waals surface area contributed by atoms with Crippen molar-refractivity contribution >= 4 is 0 Å². The third-order valence-corrected chi connectivity index (χ3v) is 4.13. The van der Waals surface area contributed by atoms with Crippen LogP contribution in [0, 0.1) is 28.6 Å². The van der Waals surface area contributed by atoms with Crippen molar-refractivity contribution in [2.75, 3.05) is 6.54 Å². The van der Waals surface area contributed by atoms with Gasteiger partial charge in [-0.05, 0) is 49.5 Å². The molecule has 2 nitrogen and oxygen atoms in total. The summed E-state index contributed by atoms with van der Waals surface area (Å²) in [7, 11) is 0. The van der Waals surface area contributed by atoms with E-state index in [1.54, 1.807) is 0 Å². The van der Waals surface area contributed by atoms with E-state index in [0.717, 1.165) is 25.3 Å². The quantitative estimate of drug-likeness (QED) is 0.810. The summed E-state index contributed by atoms with van der Waals surface area (Å²) < 4.78 is 0. The van der Waals surface area contributed by atoms with Gasteiger partial charge in [0.15, 0.2) is 0 Å². The van der Waals surface area contributed by atoms with Gasteiger partial charge in [-0.15, -0.1) is 0 Å². The summed E-state index contributed by atoms with van der Waals surface area (Å²) in [5.74, 6) is 1.38. The zero-order chi connectivity index (χ0) is 13.1. The largest absolute Gasteiger partial charge is 0.299 e. The van der Waals surface area contributed by atoms with Gasteiger partial charge >= 0.3 is 0 Å². The molecule has 17 heavy (non-hydrogen) atoms. The highest BCUT2D eigenvalue weighted by molar-refractivity contribution is 5.09. The first kappa shape index (κ1) is 14.5. The molecule has 1 fully saturated rings. The van der Waals surface area contributed by atoms with Gasteiger partial charge in [0.25, 0.3) is 0 Å². The normalized spacial score (nSPS) is 30.3. The maximum absolute atomic E-state index is 9.43. The zero-order valence-electron chi connectivity index (χ0n) is 12.1. The van der Waals surface area contributed by atoms with Crippen LogP contribution >= 0.6 is 0 Å². The van der Waals surface area contributed by atoms with Gasteiger partial charge < -0.3 is 0 Å². The molecule has 0 aromatic heterocycles. The maximum atomic E-state index is 9.43. The summed E-state index contributed by atoms with van der Waals surface area (Å²) in [6, 6.07) is 2.53. The molecule has 0 unspecified atom stereocenters. The number of nitriles is 1. The summed E-state index contributed by atoms with van der Waals surface area (Å²) in [5.41, 5.74) is 0.145. The monoisotopic (exact) mass is 236 g/mol. The number of hydrogen-bond donors (Lipinski definition) is 1. The lowest BCUT2D eigenvalue weighted by molar-refractivity contribution is 0.137. The molecule has 2 heteroatoms. The van der Waals surface area contributed by atoms with Gasteiger partial charge in [0.1, 0.15) is 5.54 Å². The van der Waals surface area contributed by atoms with Gasteiger partial charge in [-0.25, -0.2) is 0 Å². The van der Waals surface area contributed by atoms with E-state index in [2.05, 4.69) is 46.0 Å². The molecule has 0 aliphatic heterocycles. The van der Waals surface area contributed by atoms with Crippen LogP contribution in [-0.4, -0.2) is 12.1 Å². The predicted octanol–water partition coefficient (Wildman–Crippen LogP) is 3.73. The molecule has 0 heterocycles. The minimum absolute atomic E-state index is 0.244. The minimum atomic E-state index is -0.244. The van der Waals surface area contributed by atoms with Gasteiger partial charge in [0.05, 0.1) is 6.07 Å². The molecule has 0 spiro atoms. The highest BCUT2D eigenvalue weighted by atomic mass is 15.0. The van der Waals surface area contributed by atoms with E-state index in [-0.39, 0.29) is 5.54 Å². The van der Waals surface area contributed by atoms with Gasteiger partial charge in [-0.1, -0.05) is 34.6 Å². The molecule has 1 aliphatic carbocycles. The fraction of sp³-hybridized carbons (Fsp3) is 0.933. The van der Waals surface area contributed by atoms with Crippen LogP contribution in [0.1, 0.15) is 60.3 Å². The first-order valence-corrected chi connectivity index (χ1v) is 6.95. The van der Waals surface area contributed by atoms with Crippen LogP contribution in [0.4, 0.5) is 0 Å². The lowest BCUT2D eigenvalue weighted by Crippen LogP contribution is -2.49. The van der Waals surface area contributed by atoms with Gasteiger partial charge in [0, 0.05) is 0 Å². The van der Waals surface area contributed by atoms with Gasteiger partial charge in [-0.3, -0.25) is 5.32 Å². The number of rotatable bonds is 3. The average molecular weight is 236 g/mol. The fourth-order valence-corrected chi connectivity index (χ4v) is 2.70. The molecule has 1 N–H and O–H groups in total. The highest BCUT2D eigenvalue weighted by Gasteiger charge is 2.38. The Kier molecular flexibility index (Phi) is 4.61. The molecule has 1 rings (SSSR count). The maximum Gasteiger partial charge on any atom is 0.106 e. The summed E-state index contributed by atoms with van der Waals surface area (Å²) in [5, 5.41) is 12.9. The molecule has 0 radical (unpaired) electrons. The second-order valence-corrected chi connectivity index (χ2v) is 7.11. The van der Waals surface area contributed by atoms with Crippen LogP contribution in [0.2, 0.25) is 0 Å². The first-order valence-electron chi connectivity index (χ1n) is 6.95. The molecule has 1 saturated carbocycles. The van der Waals surface area contributed by atoms with Crippen molar-refractivity contribution < 1.29 is 0 Å². The van der Waals surface area contributed by atoms with E-state index in [0.29, 0.717) is 11.3 Å². The molecule has 0 amide bonds. The SMILES string of the molecule is CC(C)CNC1(C#N)CCC(C(C)(C)C)CC1. The van der Waals surface area contributed by atoms with E-state index in [9.17, 15) is 5.26 Å². The summed E-state index contributed by atoms with van der Waals surface area (Å²) >= 11 is 0. The standard InChI is InChI=1S/C15H28N2/c1-12(2)10-17-15(11-16)8-6-13(7-9-15)14(3,4)5/h12-13,17H,6-10H2,1-5H3. The predicted molar refractivity (Wildman–Crippen MR) is 72.6 cm³/mol. The van der Waals surface area contributed by atoms with Crippen molar-refractivity contribution in [1.29, 1.82) is 5.26 Å². The Labute approximate surface area is 107 Å². The molecule has 1 aliphatic rings. The summed E-state index contributed by atoms with van der Waals surface area (Å²) in [6.45, 7) is 12.3. The molecule has 0 aromatic carbocycles. The molecular formula is C15H28N2. The van der Waals surface area contributed by atoms with E-state index < -0.39 is 0 Å². The second kappa shape index (κ2) is 5.40. The molecular weight excluding hydrogens is 208 g/mol. The van der Waals surface area contributed by atoms with Crippen LogP contribution in [0.25, 0.3) is 0 Å². The molecule has 0 aromatic rings. The Balaban J connectivity index is 2.55. The van der Waals surface area contributed by atoms with E-state index in [1.165, 1.54) is 12.8 Å².